The minimum absolute atomic E-state index is 0.00252. The Kier molecular flexibility index (Phi) is 21.9. The Labute approximate surface area is 447 Å². The number of carboxylic acids is 4. The average Bonchev–Trinajstić information content (AvgIpc) is 3.79. The van der Waals surface area contributed by atoms with Crippen LogP contribution in [-0.4, -0.2) is 110 Å². The summed E-state index contributed by atoms with van der Waals surface area (Å²) in [5.41, 5.74) is 10.7. The molecule has 0 saturated heterocycles. The number of nitrogen functional groups attached to an aromatic ring is 1. The highest BCUT2D eigenvalue weighted by molar-refractivity contribution is 7.09. The molecule has 23 heteroatoms. The summed E-state index contributed by atoms with van der Waals surface area (Å²) in [4.78, 5) is 115. The van der Waals surface area contributed by atoms with E-state index >= 15 is 0 Å². The molecule has 7 rings (SSSR count). The predicted octanol–water partition coefficient (Wildman–Crippen LogP) is 4.35. The zero-order valence-corrected chi connectivity index (χ0v) is 42.1. The SMILES string of the molecule is Cc1ncc(C[n+]2csc(CCOC(=O)c3ccccc3)c2C)c(N)n1.O=C(O[C@@H](C(=O)O)[C@@H](OC(=O)c1ccccc1)C(=O)O)c1ccccc1.O=C(O[C@@H](C(=O)[O-])[C@@H](OC(=O)c1ccccc1)C(=O)O)c1ccccc1. The number of nitrogens with zero attached hydrogens (tertiary/aromatic N) is 3. The molecule has 0 aliphatic heterocycles. The fourth-order valence-corrected chi connectivity index (χ4v) is 7.52. The molecule has 4 atom stereocenters. The van der Waals surface area contributed by atoms with Gasteiger partial charge in [-0.25, -0.2) is 48.3 Å². The van der Waals surface area contributed by atoms with Crippen molar-refractivity contribution in [3.05, 3.63) is 213 Å². The van der Waals surface area contributed by atoms with Crippen LogP contribution in [0.4, 0.5) is 5.82 Å². The summed E-state index contributed by atoms with van der Waals surface area (Å²) in [5, 5.41) is 39.0. The van der Waals surface area contributed by atoms with E-state index in [1.54, 1.807) is 53.9 Å². The van der Waals surface area contributed by atoms with E-state index in [0.29, 0.717) is 36.8 Å². The first-order chi connectivity index (χ1) is 37.3. The maximum absolute atomic E-state index is 12.0. The quantitative estimate of drug-likeness (QED) is 0.0468. The Bertz CT molecular complexity index is 2920. The van der Waals surface area contributed by atoms with Crippen molar-refractivity contribution in [2.24, 2.45) is 0 Å². The third-order valence-corrected chi connectivity index (χ3v) is 11.7. The predicted molar refractivity (Wildman–Crippen MR) is 270 cm³/mol. The highest BCUT2D eigenvalue weighted by Gasteiger charge is 2.41. The normalized spacial score (nSPS) is 11.9. The lowest BCUT2D eigenvalue weighted by molar-refractivity contribution is -0.689. The third-order valence-electron chi connectivity index (χ3n) is 10.6. The average molecular weight is 1090 g/mol. The summed E-state index contributed by atoms with van der Waals surface area (Å²) >= 11 is 1.64. The van der Waals surface area contributed by atoms with Crippen molar-refractivity contribution < 1.29 is 91.8 Å². The fourth-order valence-electron chi connectivity index (χ4n) is 6.55. The number of carboxylic acid groups (broad SMARTS) is 4. The van der Waals surface area contributed by atoms with Crippen LogP contribution in [0.3, 0.4) is 0 Å². The van der Waals surface area contributed by atoms with E-state index in [9.17, 15) is 63.6 Å². The van der Waals surface area contributed by atoms with Gasteiger partial charge in [0.2, 0.25) is 23.8 Å². The van der Waals surface area contributed by atoms with Crippen LogP contribution in [0.2, 0.25) is 0 Å². The number of aryl methyl sites for hydroxylation is 1. The molecular weight excluding hydrogens is 1040 g/mol. The number of aromatic nitrogens is 3. The van der Waals surface area contributed by atoms with Crippen LogP contribution < -0.4 is 15.4 Å². The minimum atomic E-state index is -2.33. The number of anilines is 1. The molecule has 0 aliphatic carbocycles. The highest BCUT2D eigenvalue weighted by atomic mass is 32.1. The maximum Gasteiger partial charge on any atom is 0.349 e. The van der Waals surface area contributed by atoms with Crippen LogP contribution in [0.15, 0.2) is 163 Å². The van der Waals surface area contributed by atoms with Gasteiger partial charge < -0.3 is 54.6 Å². The standard InChI is InChI=1S/C19H21N4O2S.2C18H14O8/c1-13-17(8-9-25-19(24)15-6-4-3-5-7-15)26-12-23(13)11-16-10-21-14(2)22-18(16)20;2*19-15(20)13(25-17(23)11-7-3-1-4-8-11)14(16(21)22)26-18(24)12-9-5-2-6-10-12/h3-7,10,12H,8-9,11H2,1-2H3,(H2,20,21,22);2*1-10,13-14H,(H,19,20)(H,21,22)/q+1;;/p-1/t;2*13-,14-/m.11/s1. The van der Waals surface area contributed by atoms with E-state index in [4.69, 9.17) is 29.4 Å². The lowest BCUT2D eigenvalue weighted by Gasteiger charge is -2.24. The monoisotopic (exact) mass is 1080 g/mol. The van der Waals surface area contributed by atoms with Crippen LogP contribution in [-0.2, 0) is 55.8 Å². The van der Waals surface area contributed by atoms with Gasteiger partial charge in [0.25, 0.3) is 0 Å². The lowest BCUT2D eigenvalue weighted by Crippen LogP contribution is -2.51. The Morgan fingerprint density at radius 2 is 0.872 bits per heavy atom. The molecule has 402 valence electrons. The van der Waals surface area contributed by atoms with Crippen LogP contribution >= 0.6 is 11.3 Å². The second-order valence-electron chi connectivity index (χ2n) is 16.0. The first-order valence-electron chi connectivity index (χ1n) is 23.0. The number of carbonyl (C=O) groups is 9. The van der Waals surface area contributed by atoms with Gasteiger partial charge in [0, 0.05) is 19.5 Å². The fraction of sp³-hybridized carbons (Fsp3) is 0.164. The van der Waals surface area contributed by atoms with Crippen molar-refractivity contribution in [2.45, 2.75) is 51.2 Å². The summed E-state index contributed by atoms with van der Waals surface area (Å²) in [5.74, 6) is -10.7. The van der Waals surface area contributed by atoms with Gasteiger partial charge in [-0.3, -0.25) is 0 Å². The number of ether oxygens (including phenoxy) is 5. The van der Waals surface area contributed by atoms with Crippen molar-refractivity contribution in [3.63, 3.8) is 0 Å². The first-order valence-corrected chi connectivity index (χ1v) is 23.9. The van der Waals surface area contributed by atoms with Crippen molar-refractivity contribution >= 4 is 70.9 Å². The largest absolute Gasteiger partial charge is 0.546 e. The van der Waals surface area contributed by atoms with Crippen molar-refractivity contribution in [1.29, 1.82) is 0 Å². The van der Waals surface area contributed by atoms with Gasteiger partial charge in [-0.05, 0) is 67.6 Å². The highest BCUT2D eigenvalue weighted by Crippen LogP contribution is 2.17. The van der Waals surface area contributed by atoms with Crippen LogP contribution in [0, 0.1) is 13.8 Å². The summed E-state index contributed by atoms with van der Waals surface area (Å²) in [6.07, 6.45) is -6.58. The number of esters is 5. The number of hydrogen-bond acceptors (Lipinski definition) is 19. The molecule has 0 bridgehead atoms. The van der Waals surface area contributed by atoms with Crippen LogP contribution in [0.1, 0.15) is 73.7 Å². The van der Waals surface area contributed by atoms with Gasteiger partial charge in [-0.2, -0.15) is 4.57 Å². The molecule has 2 aromatic heterocycles. The number of carbonyl (C=O) groups excluding carboxylic acids is 6. The van der Waals surface area contributed by atoms with Gasteiger partial charge in [-0.15, -0.1) is 0 Å². The molecular formula is C55H48N4O18S. The second-order valence-corrected chi connectivity index (χ2v) is 17.0. The summed E-state index contributed by atoms with van der Waals surface area (Å²) < 4.78 is 26.4. The smallest absolute Gasteiger partial charge is 0.349 e. The van der Waals surface area contributed by atoms with Crippen LogP contribution in [0.5, 0.6) is 0 Å². The molecule has 0 fully saturated rings. The number of rotatable bonds is 20. The van der Waals surface area contributed by atoms with Gasteiger partial charge in [0.05, 0.1) is 50.8 Å². The van der Waals surface area contributed by atoms with Crippen molar-refractivity contribution in [2.75, 3.05) is 12.3 Å². The molecule has 7 aromatic rings. The van der Waals surface area contributed by atoms with E-state index < -0.39 is 72.2 Å². The minimum Gasteiger partial charge on any atom is -0.546 e. The van der Waals surface area contributed by atoms with Gasteiger partial charge in [0.15, 0.2) is 18.3 Å². The van der Waals surface area contributed by atoms with E-state index in [-0.39, 0.29) is 28.2 Å². The third kappa shape index (κ3) is 17.5. The van der Waals surface area contributed by atoms with Gasteiger partial charge >= 0.3 is 47.8 Å². The Morgan fingerprint density at radius 1 is 0.538 bits per heavy atom. The Balaban J connectivity index is 0.000000216. The molecule has 0 amide bonds. The maximum atomic E-state index is 12.0. The number of thiazole rings is 1. The van der Waals surface area contributed by atoms with E-state index in [1.807, 2.05) is 30.6 Å². The number of nitrogens with two attached hydrogens (primary N) is 1. The molecule has 0 radical (unpaired) electrons. The molecule has 22 nitrogen and oxygen atoms in total. The summed E-state index contributed by atoms with van der Waals surface area (Å²) in [6.45, 7) is 4.84. The first kappa shape index (κ1) is 58.7. The van der Waals surface area contributed by atoms with E-state index in [2.05, 4.69) is 21.5 Å². The van der Waals surface area contributed by atoms with Gasteiger partial charge in [0.1, 0.15) is 11.6 Å². The Morgan fingerprint density at radius 3 is 1.21 bits per heavy atom. The lowest BCUT2D eigenvalue weighted by atomic mass is 10.1. The number of aliphatic carboxylic acids is 4. The van der Waals surface area contributed by atoms with Crippen LogP contribution in [0.25, 0.3) is 0 Å². The molecule has 78 heavy (non-hydrogen) atoms. The molecule has 5 aromatic carbocycles. The second kappa shape index (κ2) is 29.1. The molecule has 5 N–H and O–H groups in total. The van der Waals surface area contributed by atoms with E-state index in [1.165, 1.54) is 102 Å². The van der Waals surface area contributed by atoms with Crippen molar-refractivity contribution in [3.8, 4) is 0 Å². The zero-order chi connectivity index (χ0) is 56.7. The van der Waals surface area contributed by atoms with E-state index in [0.717, 1.165) is 11.3 Å². The number of hydrogen-bond donors (Lipinski definition) is 4. The molecule has 0 unspecified atom stereocenters. The number of benzene rings is 5. The summed E-state index contributed by atoms with van der Waals surface area (Å²) in [7, 11) is 0. The van der Waals surface area contributed by atoms with Crippen molar-refractivity contribution in [1.82, 2.24) is 9.97 Å². The molecule has 0 saturated carbocycles. The zero-order valence-electron chi connectivity index (χ0n) is 41.3. The molecule has 2 heterocycles. The molecule has 0 aliphatic rings. The molecule has 0 spiro atoms. The van der Waals surface area contributed by atoms with Gasteiger partial charge in [-0.1, -0.05) is 102 Å². The Hall–Kier alpha value is -10.2. The topological polar surface area (TPSA) is 339 Å². The summed E-state index contributed by atoms with van der Waals surface area (Å²) in [6, 6.07) is 38.5.